The maximum absolute atomic E-state index is 12.3. The highest BCUT2D eigenvalue weighted by Crippen LogP contribution is 2.33. The van der Waals surface area contributed by atoms with Crippen molar-refractivity contribution in [1.29, 1.82) is 0 Å². The number of carbonyl (C=O) groups excluding carboxylic acids is 1. The first-order chi connectivity index (χ1) is 12.3. The lowest BCUT2D eigenvalue weighted by molar-refractivity contribution is -0.123. The Balaban J connectivity index is 1.97. The Kier molecular flexibility index (Phi) is 5.19. The fraction of sp³-hybridized carbons (Fsp3) is 0.524. The zero-order valence-electron chi connectivity index (χ0n) is 16.4. The summed E-state index contributed by atoms with van der Waals surface area (Å²) in [7, 11) is 1.76. The van der Waals surface area contributed by atoms with Crippen molar-refractivity contribution in [2.75, 3.05) is 30.5 Å². The number of anilines is 2. The van der Waals surface area contributed by atoms with E-state index in [0.29, 0.717) is 6.04 Å². The minimum Gasteiger partial charge on any atom is -0.383 e. The number of hydrogen-bond donors (Lipinski definition) is 1. The van der Waals surface area contributed by atoms with E-state index in [0.717, 1.165) is 41.9 Å². The monoisotopic (exact) mass is 355 g/mol. The van der Waals surface area contributed by atoms with Gasteiger partial charge < -0.3 is 15.0 Å². The van der Waals surface area contributed by atoms with Gasteiger partial charge in [-0.25, -0.2) is 0 Å². The number of fused-ring (bicyclic) bond motifs is 1. The van der Waals surface area contributed by atoms with Crippen LogP contribution in [0.5, 0.6) is 0 Å². The Morgan fingerprint density at radius 1 is 1.35 bits per heavy atom. The molecule has 1 N–H and O–H groups in total. The van der Waals surface area contributed by atoms with Gasteiger partial charge in [0.1, 0.15) is 0 Å². The number of ether oxygens (including phenoxy) is 1. The van der Waals surface area contributed by atoms with Crippen molar-refractivity contribution in [2.24, 2.45) is 5.41 Å². The number of aryl methyl sites for hydroxylation is 1. The van der Waals surface area contributed by atoms with Crippen LogP contribution in [0.1, 0.15) is 39.3 Å². The molecular weight excluding hydrogens is 326 g/mol. The van der Waals surface area contributed by atoms with Gasteiger partial charge in [0.05, 0.1) is 18.2 Å². The standard InChI is InChI=1S/C21H29N3O2/c1-14-11-19(24-10-6-7-16(24)13-26-5)17-9-8-15(12-18(17)22-14)23-20(25)21(2,3)4/h8-9,11-12,16H,6-7,10,13H2,1-5H3,(H,23,25)/t16-/m0/s1. The molecule has 140 valence electrons. The first-order valence-corrected chi connectivity index (χ1v) is 9.28. The molecule has 1 aromatic heterocycles. The van der Waals surface area contributed by atoms with Gasteiger partial charge in [-0.3, -0.25) is 9.78 Å². The summed E-state index contributed by atoms with van der Waals surface area (Å²) in [6.45, 7) is 9.52. The van der Waals surface area contributed by atoms with Gasteiger partial charge in [0.25, 0.3) is 0 Å². The Hall–Kier alpha value is -2.14. The lowest BCUT2D eigenvalue weighted by Gasteiger charge is -2.28. The molecule has 1 amide bonds. The van der Waals surface area contributed by atoms with E-state index < -0.39 is 5.41 Å². The lowest BCUT2D eigenvalue weighted by Crippen LogP contribution is -2.33. The Bertz CT molecular complexity index is 811. The summed E-state index contributed by atoms with van der Waals surface area (Å²) < 4.78 is 5.41. The van der Waals surface area contributed by atoms with E-state index in [4.69, 9.17) is 9.72 Å². The van der Waals surface area contributed by atoms with Crippen LogP contribution in [0.15, 0.2) is 24.3 Å². The second-order valence-corrected chi connectivity index (χ2v) is 8.16. The lowest BCUT2D eigenvalue weighted by atomic mass is 9.95. The Morgan fingerprint density at radius 2 is 2.12 bits per heavy atom. The Labute approximate surface area is 155 Å². The molecule has 0 unspecified atom stereocenters. The molecule has 0 bridgehead atoms. The molecule has 0 spiro atoms. The molecule has 5 nitrogen and oxygen atoms in total. The van der Waals surface area contributed by atoms with E-state index in [9.17, 15) is 4.79 Å². The average Bonchev–Trinajstić information content (AvgIpc) is 3.01. The third-order valence-corrected chi connectivity index (χ3v) is 4.90. The Morgan fingerprint density at radius 3 is 2.81 bits per heavy atom. The van der Waals surface area contributed by atoms with Crippen molar-refractivity contribution in [3.05, 3.63) is 30.0 Å². The van der Waals surface area contributed by atoms with Gasteiger partial charge in [-0.1, -0.05) is 20.8 Å². The maximum Gasteiger partial charge on any atom is 0.229 e. The molecule has 2 heterocycles. The second kappa shape index (κ2) is 7.23. The number of carbonyl (C=O) groups is 1. The maximum atomic E-state index is 12.3. The molecule has 0 radical (unpaired) electrons. The van der Waals surface area contributed by atoms with Gasteiger partial charge in [0.15, 0.2) is 0 Å². The number of methoxy groups -OCH3 is 1. The number of pyridine rings is 1. The SMILES string of the molecule is COC[C@@H]1CCCN1c1cc(C)nc2cc(NC(=O)C(C)(C)C)ccc12. The number of amides is 1. The molecule has 2 aromatic rings. The van der Waals surface area contributed by atoms with Gasteiger partial charge in [-0.05, 0) is 44.0 Å². The van der Waals surface area contributed by atoms with Crippen LogP contribution in [-0.2, 0) is 9.53 Å². The van der Waals surface area contributed by atoms with Crippen LogP contribution in [0.25, 0.3) is 10.9 Å². The highest BCUT2D eigenvalue weighted by atomic mass is 16.5. The molecule has 1 aromatic carbocycles. The molecule has 1 aliphatic heterocycles. The van der Waals surface area contributed by atoms with Crippen LogP contribution in [-0.4, -0.2) is 37.2 Å². The second-order valence-electron chi connectivity index (χ2n) is 8.16. The van der Waals surface area contributed by atoms with E-state index in [1.54, 1.807) is 7.11 Å². The first-order valence-electron chi connectivity index (χ1n) is 9.28. The summed E-state index contributed by atoms with van der Waals surface area (Å²) in [5, 5.41) is 4.12. The van der Waals surface area contributed by atoms with Gasteiger partial charge in [0, 0.05) is 41.5 Å². The number of rotatable bonds is 4. The molecule has 1 atom stereocenters. The van der Waals surface area contributed by atoms with Crippen molar-refractivity contribution >= 4 is 28.2 Å². The largest absolute Gasteiger partial charge is 0.383 e. The minimum atomic E-state index is -0.428. The number of aromatic nitrogens is 1. The van der Waals surface area contributed by atoms with Crippen LogP contribution in [0.2, 0.25) is 0 Å². The highest BCUT2D eigenvalue weighted by molar-refractivity contribution is 5.99. The highest BCUT2D eigenvalue weighted by Gasteiger charge is 2.26. The summed E-state index contributed by atoms with van der Waals surface area (Å²) in [5.74, 6) is 0.00410. The van der Waals surface area contributed by atoms with Gasteiger partial charge in [-0.2, -0.15) is 0 Å². The summed E-state index contributed by atoms with van der Waals surface area (Å²) in [6, 6.07) is 8.57. The van der Waals surface area contributed by atoms with Crippen LogP contribution in [0.3, 0.4) is 0 Å². The number of nitrogens with one attached hydrogen (secondary N) is 1. The smallest absolute Gasteiger partial charge is 0.229 e. The number of nitrogens with zero attached hydrogens (tertiary/aromatic N) is 2. The van der Waals surface area contributed by atoms with Crippen LogP contribution in [0.4, 0.5) is 11.4 Å². The van der Waals surface area contributed by atoms with E-state index in [1.165, 1.54) is 12.1 Å². The predicted octanol–water partition coefficient (Wildman–Crippen LogP) is 4.14. The van der Waals surface area contributed by atoms with E-state index in [2.05, 4.69) is 22.3 Å². The molecule has 3 rings (SSSR count). The van der Waals surface area contributed by atoms with Crippen molar-refractivity contribution in [1.82, 2.24) is 4.98 Å². The predicted molar refractivity (Wildman–Crippen MR) is 107 cm³/mol. The average molecular weight is 355 g/mol. The van der Waals surface area contributed by atoms with Crippen molar-refractivity contribution in [2.45, 2.75) is 46.6 Å². The number of hydrogen-bond acceptors (Lipinski definition) is 4. The van der Waals surface area contributed by atoms with Crippen molar-refractivity contribution in [3.63, 3.8) is 0 Å². The van der Waals surface area contributed by atoms with E-state index >= 15 is 0 Å². The molecule has 0 saturated carbocycles. The third-order valence-electron chi connectivity index (χ3n) is 4.90. The van der Waals surface area contributed by atoms with Crippen molar-refractivity contribution in [3.8, 4) is 0 Å². The normalized spacial score (nSPS) is 17.7. The zero-order valence-corrected chi connectivity index (χ0v) is 16.4. The fourth-order valence-electron chi connectivity index (χ4n) is 3.49. The van der Waals surface area contributed by atoms with Crippen LogP contribution >= 0.6 is 0 Å². The fourth-order valence-corrected chi connectivity index (χ4v) is 3.49. The summed E-state index contributed by atoms with van der Waals surface area (Å²) in [6.07, 6.45) is 2.33. The molecule has 1 fully saturated rings. The van der Waals surface area contributed by atoms with E-state index in [-0.39, 0.29) is 5.91 Å². The third kappa shape index (κ3) is 3.83. The molecular formula is C21H29N3O2. The van der Waals surface area contributed by atoms with Crippen LogP contribution in [0, 0.1) is 12.3 Å². The molecule has 5 heteroatoms. The zero-order chi connectivity index (χ0) is 18.9. The van der Waals surface area contributed by atoms with Crippen molar-refractivity contribution < 1.29 is 9.53 Å². The molecule has 1 aliphatic rings. The summed E-state index contributed by atoms with van der Waals surface area (Å²) >= 11 is 0. The van der Waals surface area contributed by atoms with E-state index in [1.807, 2.05) is 39.8 Å². The molecule has 1 saturated heterocycles. The minimum absolute atomic E-state index is 0.00410. The molecule has 26 heavy (non-hydrogen) atoms. The van der Waals surface area contributed by atoms with Crippen LogP contribution < -0.4 is 10.2 Å². The summed E-state index contributed by atoms with van der Waals surface area (Å²) in [5.41, 5.74) is 3.46. The summed E-state index contributed by atoms with van der Waals surface area (Å²) in [4.78, 5) is 19.4. The topological polar surface area (TPSA) is 54.5 Å². The van der Waals surface area contributed by atoms with Gasteiger partial charge >= 0.3 is 0 Å². The first kappa shape index (κ1) is 18.6. The van der Waals surface area contributed by atoms with Gasteiger partial charge in [0.2, 0.25) is 5.91 Å². The quantitative estimate of drug-likeness (QED) is 0.895. The number of benzene rings is 1. The van der Waals surface area contributed by atoms with Gasteiger partial charge in [-0.15, -0.1) is 0 Å². The molecule has 0 aliphatic carbocycles.